The third-order valence-corrected chi connectivity index (χ3v) is 2.01. The van der Waals surface area contributed by atoms with E-state index in [1.165, 1.54) is 12.3 Å². The Morgan fingerprint density at radius 2 is 2.18 bits per heavy atom. The third kappa shape index (κ3) is 4.50. The number of hydrogen-bond acceptors (Lipinski definition) is 4. The minimum atomic E-state index is -1.07. The number of carboxylic acid groups (broad SMARTS) is 1. The second-order valence-corrected chi connectivity index (χ2v) is 3.44. The number of carbonyl (C=O) groups excluding carboxylic acids is 1. The smallest absolute Gasteiger partial charge is 0.354 e. The van der Waals surface area contributed by atoms with Gasteiger partial charge in [-0.05, 0) is 18.6 Å². The largest absolute Gasteiger partial charge is 0.477 e. The summed E-state index contributed by atoms with van der Waals surface area (Å²) in [5.41, 5.74) is 0.590. The van der Waals surface area contributed by atoms with Crippen molar-refractivity contribution in [3.05, 3.63) is 24.0 Å². The molecule has 1 heterocycles. The summed E-state index contributed by atoms with van der Waals surface area (Å²) >= 11 is 0. The van der Waals surface area contributed by atoms with Crippen LogP contribution in [0.25, 0.3) is 0 Å². The molecule has 0 aliphatic heterocycles. The molecular weight excluding hydrogens is 222 g/mol. The van der Waals surface area contributed by atoms with Crippen LogP contribution in [0.1, 0.15) is 23.8 Å². The quantitative estimate of drug-likeness (QED) is 0.678. The van der Waals surface area contributed by atoms with E-state index in [4.69, 9.17) is 5.11 Å². The zero-order valence-corrected chi connectivity index (χ0v) is 9.56. The highest BCUT2D eigenvalue weighted by Crippen LogP contribution is 2.05. The van der Waals surface area contributed by atoms with Crippen LogP contribution in [-0.4, -0.2) is 35.1 Å². The molecule has 0 aliphatic rings. The molecule has 0 radical (unpaired) electrons. The minimum Gasteiger partial charge on any atom is -0.477 e. The number of aromatic carboxylic acids is 1. The van der Waals surface area contributed by atoms with E-state index in [1.54, 1.807) is 6.07 Å². The van der Waals surface area contributed by atoms with Crippen LogP contribution < -0.4 is 10.6 Å². The number of rotatable bonds is 6. The zero-order valence-electron chi connectivity index (χ0n) is 9.56. The second-order valence-electron chi connectivity index (χ2n) is 3.44. The van der Waals surface area contributed by atoms with Crippen molar-refractivity contribution in [2.45, 2.75) is 13.3 Å². The van der Waals surface area contributed by atoms with Crippen LogP contribution in [0.2, 0.25) is 0 Å². The molecule has 0 unspecified atom stereocenters. The van der Waals surface area contributed by atoms with E-state index in [9.17, 15) is 9.59 Å². The molecule has 1 aromatic rings. The molecule has 0 spiro atoms. The lowest BCUT2D eigenvalue weighted by Crippen LogP contribution is -2.30. The average Bonchev–Trinajstić information content (AvgIpc) is 2.34. The molecule has 0 atom stereocenters. The maximum absolute atomic E-state index is 11.3. The average molecular weight is 237 g/mol. The molecule has 0 saturated heterocycles. The summed E-state index contributed by atoms with van der Waals surface area (Å²) in [5.74, 6) is -1.17. The molecule has 0 fully saturated rings. The Hall–Kier alpha value is -2.11. The van der Waals surface area contributed by atoms with E-state index in [2.05, 4.69) is 15.6 Å². The van der Waals surface area contributed by atoms with Gasteiger partial charge in [0.05, 0.1) is 18.4 Å². The summed E-state index contributed by atoms with van der Waals surface area (Å²) in [6.07, 6.45) is 2.27. The number of nitrogens with one attached hydrogen (secondary N) is 2. The van der Waals surface area contributed by atoms with Crippen molar-refractivity contribution in [3.63, 3.8) is 0 Å². The van der Waals surface area contributed by atoms with Crippen LogP contribution in [0.15, 0.2) is 18.3 Å². The number of anilines is 1. The summed E-state index contributed by atoms with van der Waals surface area (Å²) in [7, 11) is 0. The van der Waals surface area contributed by atoms with Gasteiger partial charge in [-0.25, -0.2) is 9.78 Å². The van der Waals surface area contributed by atoms with Gasteiger partial charge in [-0.2, -0.15) is 0 Å². The van der Waals surface area contributed by atoms with Gasteiger partial charge < -0.3 is 15.7 Å². The van der Waals surface area contributed by atoms with Gasteiger partial charge in [0.2, 0.25) is 5.91 Å². The lowest BCUT2D eigenvalue weighted by molar-refractivity contribution is -0.119. The predicted molar refractivity (Wildman–Crippen MR) is 63.0 cm³/mol. The minimum absolute atomic E-state index is 0.0222. The second kappa shape index (κ2) is 6.47. The molecule has 0 aromatic carbocycles. The summed E-state index contributed by atoms with van der Waals surface area (Å²) in [4.78, 5) is 25.5. The molecule has 0 aliphatic carbocycles. The first kappa shape index (κ1) is 13.0. The Bertz CT molecular complexity index is 389. The van der Waals surface area contributed by atoms with Gasteiger partial charge in [0.1, 0.15) is 5.69 Å². The number of carboxylic acids is 1. The van der Waals surface area contributed by atoms with Gasteiger partial charge in [0.15, 0.2) is 0 Å². The first-order valence-corrected chi connectivity index (χ1v) is 5.33. The molecule has 1 rings (SSSR count). The van der Waals surface area contributed by atoms with Gasteiger partial charge in [0, 0.05) is 6.54 Å². The summed E-state index contributed by atoms with van der Waals surface area (Å²) in [5, 5.41) is 14.2. The van der Waals surface area contributed by atoms with Crippen LogP contribution >= 0.6 is 0 Å². The van der Waals surface area contributed by atoms with Gasteiger partial charge in [0.25, 0.3) is 0 Å². The predicted octanol–water partition coefficient (Wildman–Crippen LogP) is 0.718. The highest BCUT2D eigenvalue weighted by atomic mass is 16.4. The highest BCUT2D eigenvalue weighted by Gasteiger charge is 2.04. The maximum atomic E-state index is 11.3. The maximum Gasteiger partial charge on any atom is 0.354 e. The van der Waals surface area contributed by atoms with Crippen LogP contribution in [0.3, 0.4) is 0 Å². The van der Waals surface area contributed by atoms with Crippen LogP contribution in [0.5, 0.6) is 0 Å². The SMILES string of the molecule is CCCNC(=O)CNc1ccc(C(=O)O)nc1. The van der Waals surface area contributed by atoms with Crippen molar-refractivity contribution < 1.29 is 14.7 Å². The Balaban J connectivity index is 2.42. The molecule has 3 N–H and O–H groups in total. The Labute approximate surface area is 99.1 Å². The molecule has 17 heavy (non-hydrogen) atoms. The molecule has 0 saturated carbocycles. The first-order valence-electron chi connectivity index (χ1n) is 5.33. The molecule has 92 valence electrons. The van der Waals surface area contributed by atoms with Gasteiger partial charge in [-0.3, -0.25) is 4.79 Å². The van der Waals surface area contributed by atoms with Crippen LogP contribution in [0.4, 0.5) is 5.69 Å². The van der Waals surface area contributed by atoms with E-state index < -0.39 is 5.97 Å². The van der Waals surface area contributed by atoms with Gasteiger partial charge >= 0.3 is 5.97 Å². The van der Waals surface area contributed by atoms with Crippen LogP contribution in [0, 0.1) is 0 Å². The van der Waals surface area contributed by atoms with E-state index in [0.29, 0.717) is 12.2 Å². The Morgan fingerprint density at radius 3 is 2.71 bits per heavy atom. The van der Waals surface area contributed by atoms with E-state index >= 15 is 0 Å². The summed E-state index contributed by atoms with van der Waals surface area (Å²) < 4.78 is 0. The first-order chi connectivity index (χ1) is 8.13. The monoisotopic (exact) mass is 237 g/mol. The Kier molecular flexibility index (Phi) is 4.93. The molecule has 1 amide bonds. The number of pyridine rings is 1. The topological polar surface area (TPSA) is 91.3 Å². The molecule has 0 bridgehead atoms. The number of carbonyl (C=O) groups is 2. The van der Waals surface area contributed by atoms with Crippen molar-refractivity contribution in [2.24, 2.45) is 0 Å². The molecule has 6 heteroatoms. The number of amides is 1. The lowest BCUT2D eigenvalue weighted by Gasteiger charge is -2.06. The Morgan fingerprint density at radius 1 is 1.41 bits per heavy atom. The fourth-order valence-corrected chi connectivity index (χ4v) is 1.13. The van der Waals surface area contributed by atoms with Crippen LogP contribution in [-0.2, 0) is 4.79 Å². The lowest BCUT2D eigenvalue weighted by atomic mass is 10.3. The summed E-state index contributed by atoms with van der Waals surface area (Å²) in [6, 6.07) is 2.96. The number of hydrogen-bond donors (Lipinski definition) is 3. The van der Waals surface area contributed by atoms with Crippen molar-refractivity contribution >= 4 is 17.6 Å². The molecule has 1 aromatic heterocycles. The van der Waals surface area contributed by atoms with Crippen molar-refractivity contribution in [2.75, 3.05) is 18.4 Å². The van der Waals surface area contributed by atoms with Crippen molar-refractivity contribution in [1.82, 2.24) is 10.3 Å². The standard InChI is InChI=1S/C11H15N3O3/c1-2-5-12-10(15)7-13-8-3-4-9(11(16)17)14-6-8/h3-4,6,13H,2,5,7H2,1H3,(H,12,15)(H,16,17). The van der Waals surface area contributed by atoms with E-state index in [-0.39, 0.29) is 18.1 Å². The zero-order chi connectivity index (χ0) is 12.7. The normalized spacial score (nSPS) is 9.71. The third-order valence-electron chi connectivity index (χ3n) is 2.01. The van der Waals surface area contributed by atoms with Gasteiger partial charge in [-0.15, -0.1) is 0 Å². The fourth-order valence-electron chi connectivity index (χ4n) is 1.13. The van der Waals surface area contributed by atoms with E-state index in [0.717, 1.165) is 6.42 Å². The van der Waals surface area contributed by atoms with Gasteiger partial charge in [-0.1, -0.05) is 6.92 Å². The highest BCUT2D eigenvalue weighted by molar-refractivity contribution is 5.85. The van der Waals surface area contributed by atoms with Crippen molar-refractivity contribution in [1.29, 1.82) is 0 Å². The van der Waals surface area contributed by atoms with Crippen molar-refractivity contribution in [3.8, 4) is 0 Å². The van der Waals surface area contributed by atoms with E-state index in [1.807, 2.05) is 6.92 Å². The number of aromatic nitrogens is 1. The molecular formula is C11H15N3O3. The number of nitrogens with zero attached hydrogens (tertiary/aromatic N) is 1. The summed E-state index contributed by atoms with van der Waals surface area (Å²) in [6.45, 7) is 2.77. The molecule has 6 nitrogen and oxygen atoms in total. The fraction of sp³-hybridized carbons (Fsp3) is 0.364.